The SMILES string of the molecule is CCCn1c(-c2cc(C)nn2C)nnc1S(=O)(=O)Cl. The minimum Gasteiger partial charge on any atom is -0.296 e. The summed E-state index contributed by atoms with van der Waals surface area (Å²) in [7, 11) is 3.22. The van der Waals surface area contributed by atoms with E-state index in [-0.39, 0.29) is 5.16 Å². The quantitative estimate of drug-likeness (QED) is 0.796. The van der Waals surface area contributed by atoms with Crippen molar-refractivity contribution in [2.24, 2.45) is 7.05 Å². The van der Waals surface area contributed by atoms with Crippen molar-refractivity contribution in [3.8, 4) is 11.5 Å². The first-order valence-electron chi connectivity index (χ1n) is 5.73. The van der Waals surface area contributed by atoms with E-state index < -0.39 is 9.05 Å². The highest BCUT2D eigenvalue weighted by Gasteiger charge is 2.24. The van der Waals surface area contributed by atoms with Crippen LogP contribution < -0.4 is 0 Å². The molecule has 0 bridgehead atoms. The molecule has 0 saturated carbocycles. The molecule has 9 heteroatoms. The molecular weight excluding hydrogens is 290 g/mol. The minimum absolute atomic E-state index is 0.232. The molecule has 0 radical (unpaired) electrons. The van der Waals surface area contributed by atoms with Gasteiger partial charge in [-0.15, -0.1) is 10.2 Å². The van der Waals surface area contributed by atoms with Crippen molar-refractivity contribution < 1.29 is 8.42 Å². The van der Waals surface area contributed by atoms with Crippen molar-refractivity contribution in [1.29, 1.82) is 0 Å². The van der Waals surface area contributed by atoms with Gasteiger partial charge in [0.05, 0.1) is 5.69 Å². The van der Waals surface area contributed by atoms with E-state index >= 15 is 0 Å². The fraction of sp³-hybridized carbons (Fsp3) is 0.500. The Hall–Kier alpha value is -1.41. The standard InChI is InChI=1S/C10H14ClN5O2S/c1-4-5-16-9(8-6-7(2)14-15(8)3)12-13-10(16)19(11,17)18/h6H,4-5H2,1-3H3. The first-order chi connectivity index (χ1) is 8.84. The molecule has 19 heavy (non-hydrogen) atoms. The zero-order valence-corrected chi connectivity index (χ0v) is 12.4. The number of hydrogen-bond donors (Lipinski definition) is 0. The molecule has 0 unspecified atom stereocenters. The monoisotopic (exact) mass is 303 g/mol. The lowest BCUT2D eigenvalue weighted by atomic mass is 10.3. The van der Waals surface area contributed by atoms with Gasteiger partial charge >= 0.3 is 0 Å². The Morgan fingerprint density at radius 2 is 2.05 bits per heavy atom. The van der Waals surface area contributed by atoms with Gasteiger partial charge in [-0.3, -0.25) is 9.25 Å². The molecular formula is C10H14ClN5O2S. The topological polar surface area (TPSA) is 82.7 Å². The molecule has 2 aromatic heterocycles. The highest BCUT2D eigenvalue weighted by molar-refractivity contribution is 8.13. The van der Waals surface area contributed by atoms with Gasteiger partial charge < -0.3 is 0 Å². The third-order valence-corrected chi connectivity index (χ3v) is 3.77. The van der Waals surface area contributed by atoms with E-state index in [1.54, 1.807) is 11.7 Å². The fourth-order valence-corrected chi connectivity index (χ4v) is 2.83. The summed E-state index contributed by atoms with van der Waals surface area (Å²) in [6.07, 6.45) is 0.737. The number of aromatic nitrogens is 5. The summed E-state index contributed by atoms with van der Waals surface area (Å²) in [4.78, 5) is 0. The Kier molecular flexibility index (Phi) is 3.64. The van der Waals surface area contributed by atoms with E-state index in [1.165, 1.54) is 4.57 Å². The van der Waals surface area contributed by atoms with Gasteiger partial charge in [-0.2, -0.15) is 5.10 Å². The predicted octanol–water partition coefficient (Wildman–Crippen LogP) is 1.32. The second-order valence-electron chi connectivity index (χ2n) is 4.19. The van der Waals surface area contributed by atoms with Crippen molar-refractivity contribution >= 4 is 19.7 Å². The smallest absolute Gasteiger partial charge is 0.296 e. The van der Waals surface area contributed by atoms with Gasteiger partial charge in [-0.25, -0.2) is 8.42 Å². The van der Waals surface area contributed by atoms with Crippen LogP contribution in [0.2, 0.25) is 0 Å². The maximum Gasteiger partial charge on any atom is 0.296 e. The first-order valence-corrected chi connectivity index (χ1v) is 8.04. The summed E-state index contributed by atoms with van der Waals surface area (Å²) >= 11 is 0. The van der Waals surface area contributed by atoms with Crippen LogP contribution in [0, 0.1) is 6.92 Å². The normalized spacial score (nSPS) is 12.0. The van der Waals surface area contributed by atoms with Crippen LogP contribution in [-0.4, -0.2) is 33.0 Å². The molecule has 0 aromatic carbocycles. The lowest BCUT2D eigenvalue weighted by Crippen LogP contribution is -2.09. The van der Waals surface area contributed by atoms with Gasteiger partial charge in [0.25, 0.3) is 14.2 Å². The summed E-state index contributed by atoms with van der Waals surface area (Å²) in [6, 6.07) is 1.82. The van der Waals surface area contributed by atoms with Crippen LogP contribution in [0.1, 0.15) is 19.0 Å². The second kappa shape index (κ2) is 4.93. The van der Waals surface area contributed by atoms with E-state index in [2.05, 4.69) is 15.3 Å². The minimum atomic E-state index is -3.92. The molecule has 0 aliphatic heterocycles. The summed E-state index contributed by atoms with van der Waals surface area (Å²) in [5, 5.41) is 11.6. The predicted molar refractivity (Wildman–Crippen MR) is 70.3 cm³/mol. The zero-order chi connectivity index (χ0) is 14.2. The molecule has 2 heterocycles. The summed E-state index contributed by atoms with van der Waals surface area (Å²) in [5.41, 5.74) is 1.52. The van der Waals surface area contributed by atoms with Gasteiger partial charge in [-0.05, 0) is 19.4 Å². The lowest BCUT2D eigenvalue weighted by Gasteiger charge is -2.07. The molecule has 0 aliphatic rings. The summed E-state index contributed by atoms with van der Waals surface area (Å²) < 4.78 is 26.1. The van der Waals surface area contributed by atoms with E-state index in [9.17, 15) is 8.42 Å². The molecule has 0 aliphatic carbocycles. The average molecular weight is 304 g/mol. The molecule has 0 saturated heterocycles. The van der Waals surface area contributed by atoms with Crippen molar-refractivity contribution in [3.63, 3.8) is 0 Å². The zero-order valence-electron chi connectivity index (χ0n) is 10.8. The number of nitrogens with zero attached hydrogens (tertiary/aromatic N) is 5. The van der Waals surface area contributed by atoms with Gasteiger partial charge in [-0.1, -0.05) is 6.92 Å². The molecule has 0 amide bonds. The molecule has 0 atom stereocenters. The van der Waals surface area contributed by atoms with E-state index in [0.717, 1.165) is 12.1 Å². The van der Waals surface area contributed by atoms with Crippen LogP contribution in [0.5, 0.6) is 0 Å². The van der Waals surface area contributed by atoms with Crippen molar-refractivity contribution in [3.05, 3.63) is 11.8 Å². The van der Waals surface area contributed by atoms with E-state index in [0.29, 0.717) is 18.1 Å². The molecule has 2 aromatic rings. The molecule has 0 spiro atoms. The molecule has 2 rings (SSSR count). The molecule has 0 N–H and O–H groups in total. The number of hydrogen-bond acceptors (Lipinski definition) is 5. The number of halogens is 1. The van der Waals surface area contributed by atoms with Crippen LogP contribution in [0.4, 0.5) is 0 Å². The Bertz CT molecular complexity index is 704. The highest BCUT2D eigenvalue weighted by Crippen LogP contribution is 2.23. The third-order valence-electron chi connectivity index (χ3n) is 2.61. The van der Waals surface area contributed by atoms with Crippen molar-refractivity contribution in [2.45, 2.75) is 32.0 Å². The van der Waals surface area contributed by atoms with Gasteiger partial charge in [0, 0.05) is 24.3 Å². The van der Waals surface area contributed by atoms with Gasteiger partial charge in [0.1, 0.15) is 5.69 Å². The van der Waals surface area contributed by atoms with Crippen molar-refractivity contribution in [1.82, 2.24) is 24.5 Å². The number of aryl methyl sites for hydroxylation is 2. The van der Waals surface area contributed by atoms with Crippen LogP contribution in [0.3, 0.4) is 0 Å². The Morgan fingerprint density at radius 1 is 1.37 bits per heavy atom. The largest absolute Gasteiger partial charge is 0.296 e. The summed E-state index contributed by atoms with van der Waals surface area (Å²) in [5.74, 6) is 0.448. The van der Waals surface area contributed by atoms with Gasteiger partial charge in [0.2, 0.25) is 0 Å². The third kappa shape index (κ3) is 2.64. The number of rotatable bonds is 4. The average Bonchev–Trinajstić information content (AvgIpc) is 2.82. The van der Waals surface area contributed by atoms with Crippen molar-refractivity contribution in [2.75, 3.05) is 0 Å². The maximum atomic E-state index is 11.5. The van der Waals surface area contributed by atoms with Crippen LogP contribution >= 0.6 is 10.7 Å². The van der Waals surface area contributed by atoms with E-state index in [4.69, 9.17) is 10.7 Å². The molecule has 0 fully saturated rings. The Labute approximate surface area is 115 Å². The first kappa shape index (κ1) is 14.0. The van der Waals surface area contributed by atoms with Crippen LogP contribution in [0.25, 0.3) is 11.5 Å². The second-order valence-corrected chi connectivity index (χ2v) is 6.65. The Balaban J connectivity index is 2.65. The fourth-order valence-electron chi connectivity index (χ4n) is 1.90. The lowest BCUT2D eigenvalue weighted by molar-refractivity contribution is 0.568. The van der Waals surface area contributed by atoms with E-state index in [1.807, 2.05) is 19.9 Å². The Morgan fingerprint density at radius 3 is 2.53 bits per heavy atom. The summed E-state index contributed by atoms with van der Waals surface area (Å²) in [6.45, 7) is 4.25. The molecule has 104 valence electrons. The maximum absolute atomic E-state index is 11.5. The van der Waals surface area contributed by atoms with Crippen LogP contribution in [-0.2, 0) is 22.6 Å². The molecule has 7 nitrogen and oxygen atoms in total. The highest BCUT2D eigenvalue weighted by atomic mass is 35.7. The van der Waals surface area contributed by atoms with Crippen LogP contribution in [0.15, 0.2) is 11.2 Å². The van der Waals surface area contributed by atoms with Gasteiger partial charge in [0.15, 0.2) is 5.82 Å².